The number of methoxy groups -OCH3 is 1. The second-order valence-corrected chi connectivity index (χ2v) is 7.33. The Morgan fingerprint density at radius 3 is 2.61 bits per heavy atom. The summed E-state index contributed by atoms with van der Waals surface area (Å²) in [5.74, 6) is -4.95. The van der Waals surface area contributed by atoms with E-state index < -0.39 is 18.1 Å². The average molecular weight is 398 g/mol. The van der Waals surface area contributed by atoms with Crippen LogP contribution in [0.25, 0.3) is 0 Å². The zero-order valence-electron chi connectivity index (χ0n) is 16.9. The first-order chi connectivity index (χ1) is 13.3. The number of carbonyl (C=O) groups is 3. The second kappa shape index (κ2) is 12.6. The second-order valence-electron chi connectivity index (χ2n) is 7.33. The topological polar surface area (TPSA) is 60.4 Å². The highest BCUT2D eigenvalue weighted by molar-refractivity contribution is 5.94. The number of rotatable bonds is 14. The minimum absolute atomic E-state index is 0.00877. The molecule has 0 aromatic carbocycles. The zero-order valence-corrected chi connectivity index (χ0v) is 16.9. The number of hydrogen-bond donors (Lipinski definition) is 0. The van der Waals surface area contributed by atoms with Crippen LogP contribution in [0.2, 0.25) is 0 Å². The number of halogens is 2. The quantitative estimate of drug-likeness (QED) is 0.229. The van der Waals surface area contributed by atoms with Gasteiger partial charge in [0.1, 0.15) is 0 Å². The van der Waals surface area contributed by atoms with Gasteiger partial charge in [0, 0.05) is 25.2 Å². The van der Waals surface area contributed by atoms with Crippen LogP contribution in [0.1, 0.15) is 71.1 Å². The van der Waals surface area contributed by atoms with E-state index in [4.69, 9.17) is 0 Å². The van der Waals surface area contributed by atoms with E-state index in [9.17, 15) is 23.2 Å². The van der Waals surface area contributed by atoms with Crippen molar-refractivity contribution in [3.8, 4) is 0 Å². The van der Waals surface area contributed by atoms with Crippen LogP contribution >= 0.6 is 0 Å². The maximum absolute atomic E-state index is 13.8. The lowest BCUT2D eigenvalue weighted by Crippen LogP contribution is -2.29. The van der Waals surface area contributed by atoms with Crippen molar-refractivity contribution in [2.75, 3.05) is 7.11 Å². The molecule has 0 saturated carbocycles. The number of allylic oxidation sites excluding steroid dienone is 4. The summed E-state index contributed by atoms with van der Waals surface area (Å²) < 4.78 is 32.2. The van der Waals surface area contributed by atoms with Gasteiger partial charge in [-0.05, 0) is 50.5 Å². The molecule has 0 amide bonds. The van der Waals surface area contributed by atoms with Crippen molar-refractivity contribution in [1.29, 1.82) is 0 Å². The minimum Gasteiger partial charge on any atom is -0.469 e. The van der Waals surface area contributed by atoms with Gasteiger partial charge in [-0.15, -0.1) is 0 Å². The number of esters is 1. The predicted molar refractivity (Wildman–Crippen MR) is 104 cm³/mol. The van der Waals surface area contributed by atoms with Gasteiger partial charge in [-0.25, -0.2) is 0 Å². The lowest BCUT2D eigenvalue weighted by Gasteiger charge is -2.19. The van der Waals surface area contributed by atoms with Crippen LogP contribution in [-0.4, -0.2) is 30.6 Å². The maximum atomic E-state index is 13.8. The number of unbranched alkanes of at least 4 members (excludes halogenated alkanes) is 3. The lowest BCUT2D eigenvalue weighted by atomic mass is 9.86. The van der Waals surface area contributed by atoms with E-state index in [0.29, 0.717) is 25.7 Å². The van der Waals surface area contributed by atoms with E-state index in [0.717, 1.165) is 19.3 Å². The fourth-order valence-corrected chi connectivity index (χ4v) is 3.29. The van der Waals surface area contributed by atoms with Crippen LogP contribution in [0, 0.1) is 11.8 Å². The molecule has 0 aromatic heterocycles. The molecule has 0 fully saturated rings. The Balaban J connectivity index is 2.37. The van der Waals surface area contributed by atoms with Crippen LogP contribution in [-0.2, 0) is 19.1 Å². The number of carbonyl (C=O) groups excluding carboxylic acids is 3. The summed E-state index contributed by atoms with van der Waals surface area (Å²) in [6, 6.07) is 0. The molecule has 28 heavy (non-hydrogen) atoms. The highest BCUT2D eigenvalue weighted by atomic mass is 19.3. The van der Waals surface area contributed by atoms with Crippen LogP contribution in [0.4, 0.5) is 8.78 Å². The number of Topliss-reactive ketones (excluding diaryl/α,β-unsaturated/α-hetero) is 1. The fourth-order valence-electron chi connectivity index (χ4n) is 3.29. The molecule has 1 aliphatic carbocycles. The Morgan fingerprint density at radius 2 is 1.93 bits per heavy atom. The molecule has 0 saturated heterocycles. The predicted octanol–water partition coefficient (Wildman–Crippen LogP) is 5.21. The molecule has 6 heteroatoms. The molecule has 1 aliphatic rings. The molecule has 0 aromatic rings. The maximum Gasteiger partial charge on any atom is 0.305 e. The largest absolute Gasteiger partial charge is 0.469 e. The summed E-state index contributed by atoms with van der Waals surface area (Å²) in [5, 5.41) is 0. The summed E-state index contributed by atoms with van der Waals surface area (Å²) in [6.45, 7) is 1.81. The molecule has 2 atom stereocenters. The van der Waals surface area contributed by atoms with E-state index in [1.54, 1.807) is 6.08 Å². The molecular formula is C22H32F2O4. The Bertz CT molecular complexity index is 581. The first-order valence-corrected chi connectivity index (χ1v) is 10.2. The molecule has 158 valence electrons. The summed E-state index contributed by atoms with van der Waals surface area (Å²) in [7, 11) is 1.37. The molecule has 0 spiro atoms. The van der Waals surface area contributed by atoms with Crippen LogP contribution in [0.15, 0.2) is 24.3 Å². The van der Waals surface area contributed by atoms with Crippen LogP contribution in [0.5, 0.6) is 0 Å². The lowest BCUT2D eigenvalue weighted by molar-refractivity contribution is -0.144. The van der Waals surface area contributed by atoms with E-state index in [1.165, 1.54) is 13.2 Å². The monoisotopic (exact) mass is 398 g/mol. The normalized spacial score (nSPS) is 19.5. The Kier molecular flexibility index (Phi) is 10.9. The van der Waals surface area contributed by atoms with Gasteiger partial charge < -0.3 is 4.74 Å². The van der Waals surface area contributed by atoms with Crippen molar-refractivity contribution < 1.29 is 27.9 Å². The van der Waals surface area contributed by atoms with Crippen molar-refractivity contribution in [3.63, 3.8) is 0 Å². The van der Waals surface area contributed by atoms with Gasteiger partial charge >= 0.3 is 11.9 Å². The smallest absolute Gasteiger partial charge is 0.305 e. The summed E-state index contributed by atoms with van der Waals surface area (Å²) in [5.41, 5.74) is 0. The molecular weight excluding hydrogens is 366 g/mol. The summed E-state index contributed by atoms with van der Waals surface area (Å²) in [6.07, 6.45) is 11.1. The van der Waals surface area contributed by atoms with E-state index in [2.05, 4.69) is 4.74 Å². The first kappa shape index (κ1) is 24.2. The van der Waals surface area contributed by atoms with Gasteiger partial charge in [0.25, 0.3) is 0 Å². The van der Waals surface area contributed by atoms with Crippen molar-refractivity contribution in [2.24, 2.45) is 11.8 Å². The Labute approximate surface area is 166 Å². The highest BCUT2D eigenvalue weighted by Crippen LogP contribution is 2.32. The van der Waals surface area contributed by atoms with Gasteiger partial charge in [0.05, 0.1) is 7.11 Å². The van der Waals surface area contributed by atoms with Crippen molar-refractivity contribution >= 4 is 17.5 Å². The van der Waals surface area contributed by atoms with Crippen molar-refractivity contribution in [3.05, 3.63) is 24.3 Å². The summed E-state index contributed by atoms with van der Waals surface area (Å²) >= 11 is 0. The Morgan fingerprint density at radius 1 is 1.18 bits per heavy atom. The molecule has 1 rings (SSSR count). The number of alkyl halides is 2. The van der Waals surface area contributed by atoms with Crippen molar-refractivity contribution in [2.45, 2.75) is 77.1 Å². The molecule has 0 heterocycles. The molecule has 0 radical (unpaired) electrons. The van der Waals surface area contributed by atoms with Gasteiger partial charge in [-0.1, -0.05) is 31.6 Å². The molecule has 0 bridgehead atoms. The van der Waals surface area contributed by atoms with Gasteiger partial charge in [-0.2, -0.15) is 8.78 Å². The zero-order chi connectivity index (χ0) is 21.0. The third-order valence-corrected chi connectivity index (χ3v) is 5.13. The number of ether oxygens (including phenoxy) is 1. The SMILES string of the molecule is CCCCC(F)(F)C(=O)CCC1C=CC(=O)C1C/C=C\CCCCC(=O)OC. The first-order valence-electron chi connectivity index (χ1n) is 10.2. The minimum atomic E-state index is -3.26. The molecule has 0 N–H and O–H groups in total. The molecule has 0 aliphatic heterocycles. The van der Waals surface area contributed by atoms with E-state index >= 15 is 0 Å². The van der Waals surface area contributed by atoms with Crippen LogP contribution in [0.3, 0.4) is 0 Å². The van der Waals surface area contributed by atoms with Crippen LogP contribution < -0.4 is 0 Å². The fraction of sp³-hybridized carbons (Fsp3) is 0.682. The van der Waals surface area contributed by atoms with Crippen molar-refractivity contribution in [1.82, 2.24) is 0 Å². The number of hydrogen-bond acceptors (Lipinski definition) is 4. The van der Waals surface area contributed by atoms with E-state index in [1.807, 2.05) is 19.1 Å². The van der Waals surface area contributed by atoms with E-state index in [-0.39, 0.29) is 36.4 Å². The standard InChI is InChI=1S/C22H32F2O4/c1-3-4-16-22(23,24)20(26)15-13-17-12-14-19(25)18(17)10-8-6-5-7-9-11-21(27)28-2/h6,8,12,14,17-18H,3-5,7,9-11,13,15-16H2,1-2H3/b8-6-. The van der Waals surface area contributed by atoms with Gasteiger partial charge in [0.15, 0.2) is 5.78 Å². The van der Waals surface area contributed by atoms with Gasteiger partial charge in [0.2, 0.25) is 5.78 Å². The highest BCUT2D eigenvalue weighted by Gasteiger charge is 2.38. The average Bonchev–Trinajstić information content (AvgIpc) is 3.03. The summed E-state index contributed by atoms with van der Waals surface area (Å²) in [4.78, 5) is 34.9. The molecule has 2 unspecified atom stereocenters. The Hall–Kier alpha value is -1.85. The molecule has 4 nitrogen and oxygen atoms in total. The number of ketones is 2. The third kappa shape index (κ3) is 8.44. The van der Waals surface area contributed by atoms with Gasteiger partial charge in [-0.3, -0.25) is 14.4 Å². The third-order valence-electron chi connectivity index (χ3n) is 5.13.